The Kier molecular flexibility index (Phi) is 4.80. The van der Waals surface area contributed by atoms with Crippen LogP contribution in [0.2, 0.25) is 0 Å². The standard InChI is InChI=1S/C15H23N3O/c1-16-7-9-18-8-6-13-4-5-14(12-15(13)18)19-11-10-17(2)3/h4-5,12H,1,6-11H2,2-3H3. The quantitative estimate of drug-likeness (QED) is 0.699. The van der Waals surface area contributed by atoms with Crippen LogP contribution in [-0.4, -0.2) is 58.5 Å². The molecule has 0 unspecified atom stereocenters. The molecular weight excluding hydrogens is 238 g/mol. The average molecular weight is 261 g/mol. The molecule has 4 nitrogen and oxygen atoms in total. The van der Waals surface area contributed by atoms with Gasteiger partial charge in [-0.1, -0.05) is 6.07 Å². The fourth-order valence-electron chi connectivity index (χ4n) is 2.28. The van der Waals surface area contributed by atoms with Gasteiger partial charge in [-0.05, 0) is 38.9 Å². The Bertz CT molecular complexity index is 431. The molecule has 0 aliphatic carbocycles. The summed E-state index contributed by atoms with van der Waals surface area (Å²) in [5.74, 6) is 0.957. The van der Waals surface area contributed by atoms with Crippen LogP contribution in [0.4, 0.5) is 5.69 Å². The van der Waals surface area contributed by atoms with Crippen molar-refractivity contribution in [1.29, 1.82) is 0 Å². The second-order valence-corrected chi connectivity index (χ2v) is 5.13. The highest BCUT2D eigenvalue weighted by Gasteiger charge is 2.18. The Morgan fingerprint density at radius 3 is 3.00 bits per heavy atom. The van der Waals surface area contributed by atoms with E-state index in [0.717, 1.165) is 45.0 Å². The van der Waals surface area contributed by atoms with E-state index in [0.29, 0.717) is 0 Å². The van der Waals surface area contributed by atoms with Crippen molar-refractivity contribution in [1.82, 2.24) is 4.90 Å². The normalized spacial score (nSPS) is 13.7. The first-order valence-electron chi connectivity index (χ1n) is 6.78. The maximum Gasteiger partial charge on any atom is 0.121 e. The van der Waals surface area contributed by atoms with Crippen LogP contribution in [-0.2, 0) is 6.42 Å². The molecule has 1 heterocycles. The van der Waals surface area contributed by atoms with Crippen LogP contribution in [0.25, 0.3) is 0 Å². The predicted octanol–water partition coefficient (Wildman–Crippen LogP) is 1.69. The van der Waals surface area contributed by atoms with Gasteiger partial charge in [0.1, 0.15) is 12.4 Å². The Balaban J connectivity index is 1.99. The summed E-state index contributed by atoms with van der Waals surface area (Å²) < 4.78 is 5.79. The second kappa shape index (κ2) is 6.57. The van der Waals surface area contributed by atoms with Crippen molar-refractivity contribution in [2.24, 2.45) is 4.99 Å². The van der Waals surface area contributed by atoms with Crippen LogP contribution in [0.1, 0.15) is 5.56 Å². The summed E-state index contributed by atoms with van der Waals surface area (Å²) in [6, 6.07) is 6.41. The van der Waals surface area contributed by atoms with Crippen molar-refractivity contribution in [2.75, 3.05) is 51.8 Å². The van der Waals surface area contributed by atoms with E-state index in [2.05, 4.69) is 53.8 Å². The molecule has 2 rings (SSSR count). The maximum atomic E-state index is 5.79. The van der Waals surface area contributed by atoms with Crippen molar-refractivity contribution in [2.45, 2.75) is 6.42 Å². The Hall–Kier alpha value is -1.55. The summed E-state index contributed by atoms with van der Waals surface area (Å²) in [6.45, 7) is 8.00. The molecule has 0 atom stereocenters. The van der Waals surface area contributed by atoms with Gasteiger partial charge < -0.3 is 14.5 Å². The van der Waals surface area contributed by atoms with Gasteiger partial charge in [0.2, 0.25) is 0 Å². The van der Waals surface area contributed by atoms with E-state index < -0.39 is 0 Å². The smallest absolute Gasteiger partial charge is 0.121 e. The lowest BCUT2D eigenvalue weighted by Crippen LogP contribution is -2.23. The molecule has 0 saturated heterocycles. The van der Waals surface area contributed by atoms with Crippen LogP contribution in [0.15, 0.2) is 23.2 Å². The highest BCUT2D eigenvalue weighted by Crippen LogP contribution is 2.31. The van der Waals surface area contributed by atoms with E-state index in [1.54, 1.807) is 0 Å². The molecule has 0 radical (unpaired) electrons. The fourth-order valence-corrected chi connectivity index (χ4v) is 2.28. The van der Waals surface area contributed by atoms with Gasteiger partial charge >= 0.3 is 0 Å². The molecule has 0 saturated carbocycles. The zero-order valence-electron chi connectivity index (χ0n) is 11.9. The average Bonchev–Trinajstić information content (AvgIpc) is 2.78. The summed E-state index contributed by atoms with van der Waals surface area (Å²) in [4.78, 5) is 8.42. The van der Waals surface area contributed by atoms with Gasteiger partial charge in [-0.15, -0.1) is 0 Å². The molecule has 19 heavy (non-hydrogen) atoms. The first-order chi connectivity index (χ1) is 9.20. The SMILES string of the molecule is C=NCCN1CCc2ccc(OCCN(C)C)cc21. The van der Waals surface area contributed by atoms with Crippen LogP contribution >= 0.6 is 0 Å². The number of hydrogen-bond donors (Lipinski definition) is 0. The van der Waals surface area contributed by atoms with E-state index in [1.807, 2.05) is 0 Å². The van der Waals surface area contributed by atoms with E-state index >= 15 is 0 Å². The zero-order valence-corrected chi connectivity index (χ0v) is 11.9. The number of rotatable bonds is 7. The van der Waals surface area contributed by atoms with Crippen molar-refractivity contribution >= 4 is 12.4 Å². The Labute approximate surface area is 115 Å². The number of fused-ring (bicyclic) bond motifs is 1. The second-order valence-electron chi connectivity index (χ2n) is 5.13. The molecule has 0 aromatic heterocycles. The highest BCUT2D eigenvalue weighted by molar-refractivity contribution is 5.61. The van der Waals surface area contributed by atoms with Crippen LogP contribution in [0.5, 0.6) is 5.75 Å². The summed E-state index contributed by atoms with van der Waals surface area (Å²) in [5, 5.41) is 0. The lowest BCUT2D eigenvalue weighted by atomic mass is 10.1. The number of benzene rings is 1. The molecule has 0 spiro atoms. The number of hydrogen-bond acceptors (Lipinski definition) is 4. The first-order valence-corrected chi connectivity index (χ1v) is 6.78. The minimum Gasteiger partial charge on any atom is -0.492 e. The summed E-state index contributed by atoms with van der Waals surface area (Å²) in [5.41, 5.74) is 2.70. The van der Waals surface area contributed by atoms with E-state index in [1.165, 1.54) is 11.3 Å². The fraction of sp³-hybridized carbons (Fsp3) is 0.533. The molecule has 1 aromatic carbocycles. The predicted molar refractivity (Wildman–Crippen MR) is 80.8 cm³/mol. The molecule has 1 aliphatic rings. The molecule has 1 aliphatic heterocycles. The van der Waals surface area contributed by atoms with E-state index in [9.17, 15) is 0 Å². The third kappa shape index (κ3) is 3.70. The first kappa shape index (κ1) is 13.9. The topological polar surface area (TPSA) is 28.1 Å². The largest absolute Gasteiger partial charge is 0.492 e. The third-order valence-corrected chi connectivity index (χ3v) is 3.38. The number of likely N-dealkylation sites (N-methyl/N-ethyl adjacent to an activating group) is 1. The number of anilines is 1. The van der Waals surface area contributed by atoms with Gasteiger partial charge in [0.15, 0.2) is 0 Å². The molecule has 104 valence electrons. The Morgan fingerprint density at radius 1 is 1.42 bits per heavy atom. The molecular formula is C15H23N3O. The number of aliphatic imine (C=N–C) groups is 1. The lowest BCUT2D eigenvalue weighted by Gasteiger charge is -2.19. The van der Waals surface area contributed by atoms with Crippen LogP contribution in [0.3, 0.4) is 0 Å². The van der Waals surface area contributed by atoms with Crippen molar-refractivity contribution in [3.63, 3.8) is 0 Å². The minimum atomic E-state index is 0.722. The number of ether oxygens (including phenoxy) is 1. The summed E-state index contributed by atoms with van der Waals surface area (Å²) in [6.07, 6.45) is 1.12. The van der Waals surface area contributed by atoms with Gasteiger partial charge in [0, 0.05) is 31.4 Å². The molecule has 0 fully saturated rings. The molecule has 4 heteroatoms. The molecule has 0 N–H and O–H groups in total. The van der Waals surface area contributed by atoms with Gasteiger partial charge in [-0.3, -0.25) is 4.99 Å². The van der Waals surface area contributed by atoms with Crippen molar-refractivity contribution in [3.05, 3.63) is 23.8 Å². The summed E-state index contributed by atoms with van der Waals surface area (Å²) in [7, 11) is 4.10. The van der Waals surface area contributed by atoms with Crippen molar-refractivity contribution < 1.29 is 4.74 Å². The summed E-state index contributed by atoms with van der Waals surface area (Å²) >= 11 is 0. The highest BCUT2D eigenvalue weighted by atomic mass is 16.5. The van der Waals surface area contributed by atoms with Crippen LogP contribution in [0, 0.1) is 0 Å². The minimum absolute atomic E-state index is 0.722. The third-order valence-electron chi connectivity index (χ3n) is 3.38. The Morgan fingerprint density at radius 2 is 2.26 bits per heavy atom. The monoisotopic (exact) mass is 261 g/mol. The molecule has 0 bridgehead atoms. The van der Waals surface area contributed by atoms with Gasteiger partial charge in [-0.2, -0.15) is 0 Å². The number of nitrogens with zero attached hydrogens (tertiary/aromatic N) is 3. The molecule has 0 amide bonds. The maximum absolute atomic E-state index is 5.79. The van der Waals surface area contributed by atoms with Gasteiger partial charge in [0.25, 0.3) is 0 Å². The van der Waals surface area contributed by atoms with Crippen molar-refractivity contribution in [3.8, 4) is 5.75 Å². The van der Waals surface area contributed by atoms with E-state index in [-0.39, 0.29) is 0 Å². The van der Waals surface area contributed by atoms with E-state index in [4.69, 9.17) is 4.74 Å². The van der Waals surface area contributed by atoms with Crippen LogP contribution < -0.4 is 9.64 Å². The van der Waals surface area contributed by atoms with Gasteiger partial charge in [-0.25, -0.2) is 0 Å². The zero-order chi connectivity index (χ0) is 13.7. The lowest BCUT2D eigenvalue weighted by molar-refractivity contribution is 0.261. The van der Waals surface area contributed by atoms with Gasteiger partial charge in [0.05, 0.1) is 6.54 Å². The molecule has 1 aromatic rings.